The van der Waals surface area contributed by atoms with E-state index >= 15 is 0 Å². The lowest BCUT2D eigenvalue weighted by molar-refractivity contribution is 0.0883. The van der Waals surface area contributed by atoms with Gasteiger partial charge in [-0.05, 0) is 18.2 Å². The van der Waals surface area contributed by atoms with Gasteiger partial charge in [-0.15, -0.1) is 0 Å². The fourth-order valence-electron chi connectivity index (χ4n) is 2.46. The van der Waals surface area contributed by atoms with Crippen molar-refractivity contribution < 1.29 is 19.4 Å². The predicted molar refractivity (Wildman–Crippen MR) is 86.0 cm³/mol. The number of hydrogen-bond acceptors (Lipinski definition) is 6. The van der Waals surface area contributed by atoms with E-state index in [1.165, 1.54) is 0 Å². The average molecular weight is 332 g/mol. The van der Waals surface area contributed by atoms with Gasteiger partial charge in [0.15, 0.2) is 0 Å². The molecule has 1 aromatic heterocycles. The van der Waals surface area contributed by atoms with Gasteiger partial charge in [0.05, 0.1) is 24.9 Å². The summed E-state index contributed by atoms with van der Waals surface area (Å²) in [5, 5.41) is 22.2. The summed E-state index contributed by atoms with van der Waals surface area (Å²) in [6.07, 6.45) is -0.580. The number of ether oxygens (including phenoxy) is 2. The Hall–Kier alpha value is -2.58. The maximum absolute atomic E-state index is 12.1. The molecule has 2 aromatic rings. The van der Waals surface area contributed by atoms with Crippen LogP contribution in [-0.2, 0) is 6.61 Å². The number of H-pyrrole nitrogens is 1. The van der Waals surface area contributed by atoms with Gasteiger partial charge in [-0.1, -0.05) is 6.07 Å². The van der Waals surface area contributed by atoms with E-state index in [9.17, 15) is 9.90 Å². The van der Waals surface area contributed by atoms with Crippen LogP contribution in [-0.4, -0.2) is 53.6 Å². The molecular formula is C16H20N4O4. The van der Waals surface area contributed by atoms with Crippen molar-refractivity contribution in [1.29, 1.82) is 0 Å². The van der Waals surface area contributed by atoms with Crippen LogP contribution in [0.4, 0.5) is 0 Å². The summed E-state index contributed by atoms with van der Waals surface area (Å²) in [4.78, 5) is 12.1. The van der Waals surface area contributed by atoms with Crippen molar-refractivity contribution in [3.63, 3.8) is 0 Å². The minimum atomic E-state index is -0.580. The topological polar surface area (TPSA) is 108 Å². The molecule has 3 rings (SSSR count). The van der Waals surface area contributed by atoms with Crippen LogP contribution in [0.5, 0.6) is 11.5 Å². The maximum atomic E-state index is 12.1. The number of methoxy groups -OCH3 is 1. The van der Waals surface area contributed by atoms with Crippen LogP contribution in [0.25, 0.3) is 0 Å². The van der Waals surface area contributed by atoms with Crippen LogP contribution in [0.3, 0.4) is 0 Å². The Morgan fingerprint density at radius 3 is 2.96 bits per heavy atom. The summed E-state index contributed by atoms with van der Waals surface area (Å²) in [6, 6.07) is 8.59. The van der Waals surface area contributed by atoms with E-state index in [2.05, 4.69) is 20.8 Å². The summed E-state index contributed by atoms with van der Waals surface area (Å²) < 4.78 is 10.8. The van der Waals surface area contributed by atoms with Crippen molar-refractivity contribution in [1.82, 2.24) is 20.8 Å². The molecular weight excluding hydrogens is 312 g/mol. The molecule has 128 valence electrons. The van der Waals surface area contributed by atoms with E-state index in [4.69, 9.17) is 9.47 Å². The molecule has 0 saturated carbocycles. The minimum absolute atomic E-state index is 0.251. The quantitative estimate of drug-likeness (QED) is 0.596. The number of β-amino-alcohol motifs (C(OH)–C–C–N with tert-alkyl or cyclic N) is 1. The molecule has 2 heterocycles. The Morgan fingerprint density at radius 2 is 2.21 bits per heavy atom. The summed E-state index contributed by atoms with van der Waals surface area (Å²) in [5.41, 5.74) is 0.936. The molecule has 0 unspecified atom stereocenters. The van der Waals surface area contributed by atoms with Gasteiger partial charge in [0.2, 0.25) is 0 Å². The molecule has 1 fully saturated rings. The second-order valence-corrected chi connectivity index (χ2v) is 5.55. The van der Waals surface area contributed by atoms with Gasteiger partial charge in [0.1, 0.15) is 23.8 Å². The number of aromatic nitrogens is 2. The number of hydrogen-bond donors (Lipinski definition) is 4. The van der Waals surface area contributed by atoms with Crippen LogP contribution in [0.15, 0.2) is 30.3 Å². The number of amides is 1. The maximum Gasteiger partial charge on any atom is 0.272 e. The highest BCUT2D eigenvalue weighted by molar-refractivity contribution is 5.92. The third-order valence-corrected chi connectivity index (χ3v) is 3.80. The van der Waals surface area contributed by atoms with Gasteiger partial charge < -0.3 is 25.2 Å². The van der Waals surface area contributed by atoms with Gasteiger partial charge in [-0.25, -0.2) is 0 Å². The van der Waals surface area contributed by atoms with Crippen LogP contribution < -0.4 is 20.1 Å². The van der Waals surface area contributed by atoms with Crippen LogP contribution in [0, 0.1) is 0 Å². The van der Waals surface area contributed by atoms with Gasteiger partial charge in [0.25, 0.3) is 5.91 Å². The zero-order valence-corrected chi connectivity index (χ0v) is 13.3. The molecule has 24 heavy (non-hydrogen) atoms. The number of aromatic amines is 1. The fourth-order valence-corrected chi connectivity index (χ4v) is 2.46. The first-order chi connectivity index (χ1) is 11.7. The van der Waals surface area contributed by atoms with E-state index in [-0.39, 0.29) is 24.2 Å². The van der Waals surface area contributed by atoms with Gasteiger partial charge >= 0.3 is 0 Å². The molecule has 0 radical (unpaired) electrons. The zero-order valence-electron chi connectivity index (χ0n) is 13.3. The van der Waals surface area contributed by atoms with E-state index < -0.39 is 6.10 Å². The third kappa shape index (κ3) is 3.84. The molecule has 1 aliphatic rings. The van der Waals surface area contributed by atoms with E-state index in [1.54, 1.807) is 19.2 Å². The molecule has 4 N–H and O–H groups in total. The lowest BCUT2D eigenvalue weighted by Gasteiger charge is -2.14. The highest BCUT2D eigenvalue weighted by Gasteiger charge is 2.27. The molecule has 0 spiro atoms. The molecule has 8 heteroatoms. The van der Waals surface area contributed by atoms with E-state index in [0.29, 0.717) is 30.3 Å². The van der Waals surface area contributed by atoms with Crippen molar-refractivity contribution in [2.45, 2.75) is 18.8 Å². The summed E-state index contributed by atoms with van der Waals surface area (Å²) >= 11 is 0. The predicted octanol–water partition coefficient (Wildman–Crippen LogP) is 0.0598. The number of benzene rings is 1. The molecule has 1 aliphatic heterocycles. The van der Waals surface area contributed by atoms with Gasteiger partial charge in [-0.3, -0.25) is 9.89 Å². The normalized spacial score (nSPS) is 19.9. The highest BCUT2D eigenvalue weighted by Crippen LogP contribution is 2.19. The first kappa shape index (κ1) is 16.3. The van der Waals surface area contributed by atoms with Crippen LogP contribution in [0.1, 0.15) is 16.2 Å². The first-order valence-electron chi connectivity index (χ1n) is 7.66. The average Bonchev–Trinajstić information content (AvgIpc) is 3.23. The molecule has 1 aromatic carbocycles. The Labute approximate surface area is 139 Å². The zero-order chi connectivity index (χ0) is 16.9. The highest BCUT2D eigenvalue weighted by atomic mass is 16.5. The molecule has 0 bridgehead atoms. The van der Waals surface area contributed by atoms with Crippen LogP contribution in [0.2, 0.25) is 0 Å². The fraction of sp³-hybridized carbons (Fsp3) is 0.375. The number of aliphatic hydroxyl groups is 1. The third-order valence-electron chi connectivity index (χ3n) is 3.80. The minimum Gasteiger partial charge on any atom is -0.497 e. The van der Waals surface area contributed by atoms with Crippen molar-refractivity contribution in [3.05, 3.63) is 41.7 Å². The number of aliphatic hydroxyl groups excluding tert-OH is 1. The van der Waals surface area contributed by atoms with Gasteiger partial charge in [0, 0.05) is 19.2 Å². The van der Waals surface area contributed by atoms with Crippen molar-refractivity contribution in [3.8, 4) is 11.5 Å². The standard InChI is InChI=1S/C16H20N4O4/c1-23-11-3-2-4-12(6-11)24-9-10-5-13(20-19-10)16(22)18-14-7-17-8-15(14)21/h2-6,14-15,17,21H,7-9H2,1H3,(H,18,22)(H,19,20)/t14-,15-/m1/s1. The van der Waals surface area contributed by atoms with Crippen LogP contribution >= 0.6 is 0 Å². The first-order valence-corrected chi connectivity index (χ1v) is 7.66. The molecule has 0 aliphatic carbocycles. The summed E-state index contributed by atoms with van der Waals surface area (Å²) in [5.74, 6) is 1.04. The Morgan fingerprint density at radius 1 is 1.38 bits per heavy atom. The van der Waals surface area contributed by atoms with Crippen molar-refractivity contribution in [2.75, 3.05) is 20.2 Å². The SMILES string of the molecule is COc1cccc(OCc2cc(C(=O)N[C@@H]3CNC[C@H]3O)n[nH]2)c1. The Balaban J connectivity index is 1.55. The Bertz CT molecular complexity index is 703. The molecule has 1 amide bonds. The number of nitrogens with one attached hydrogen (secondary N) is 3. The lowest BCUT2D eigenvalue weighted by Crippen LogP contribution is -2.42. The summed E-state index contributed by atoms with van der Waals surface area (Å²) in [7, 11) is 1.59. The molecule has 2 atom stereocenters. The van der Waals surface area contributed by atoms with E-state index in [0.717, 1.165) is 0 Å². The monoisotopic (exact) mass is 332 g/mol. The number of rotatable bonds is 6. The number of nitrogens with zero attached hydrogens (tertiary/aromatic N) is 1. The number of carbonyl (C=O) groups excluding carboxylic acids is 1. The van der Waals surface area contributed by atoms with Crippen molar-refractivity contribution in [2.24, 2.45) is 0 Å². The second-order valence-electron chi connectivity index (χ2n) is 5.55. The molecule has 8 nitrogen and oxygen atoms in total. The van der Waals surface area contributed by atoms with Gasteiger partial charge in [-0.2, -0.15) is 5.10 Å². The lowest BCUT2D eigenvalue weighted by atomic mass is 10.2. The number of carbonyl (C=O) groups is 1. The summed E-state index contributed by atoms with van der Waals surface area (Å²) in [6.45, 7) is 1.27. The smallest absolute Gasteiger partial charge is 0.272 e. The van der Waals surface area contributed by atoms with E-state index in [1.807, 2.05) is 18.2 Å². The largest absolute Gasteiger partial charge is 0.497 e. The molecule has 1 saturated heterocycles. The van der Waals surface area contributed by atoms with Crippen molar-refractivity contribution >= 4 is 5.91 Å². The second kappa shape index (κ2) is 7.33. The Kier molecular flexibility index (Phi) is 4.97.